The van der Waals surface area contributed by atoms with E-state index in [1.165, 1.54) is 5.56 Å². The zero-order valence-electron chi connectivity index (χ0n) is 16.9. The molecular formula is C23H29NO4. The van der Waals surface area contributed by atoms with Gasteiger partial charge in [-0.3, -0.25) is 0 Å². The van der Waals surface area contributed by atoms with E-state index < -0.39 is 5.60 Å². The van der Waals surface area contributed by atoms with Gasteiger partial charge in [0.2, 0.25) is 6.79 Å². The number of nitrogens with zero attached hydrogens (tertiary/aromatic N) is 1. The lowest BCUT2D eigenvalue weighted by atomic mass is 9.69. The van der Waals surface area contributed by atoms with Crippen LogP contribution < -0.4 is 19.1 Å². The number of rotatable bonds is 5. The first-order valence-electron chi connectivity index (χ1n) is 9.98. The molecule has 1 aliphatic heterocycles. The third-order valence-electron chi connectivity index (χ3n) is 6.12. The molecule has 1 fully saturated rings. The number of anilines is 1. The van der Waals surface area contributed by atoms with E-state index in [4.69, 9.17) is 14.2 Å². The zero-order chi connectivity index (χ0) is 19.7. The van der Waals surface area contributed by atoms with Crippen LogP contribution in [0.2, 0.25) is 0 Å². The summed E-state index contributed by atoms with van der Waals surface area (Å²) in [6, 6.07) is 12.0. The van der Waals surface area contributed by atoms with Crippen LogP contribution >= 0.6 is 0 Å². The summed E-state index contributed by atoms with van der Waals surface area (Å²) in [4.78, 5) is 2.09. The number of fused-ring (bicyclic) bond motifs is 1. The van der Waals surface area contributed by atoms with Crippen molar-refractivity contribution in [1.29, 1.82) is 0 Å². The molecule has 150 valence electrons. The van der Waals surface area contributed by atoms with Gasteiger partial charge in [0, 0.05) is 14.1 Å². The highest BCUT2D eigenvalue weighted by Gasteiger charge is 2.41. The first-order chi connectivity index (χ1) is 13.5. The Labute approximate surface area is 166 Å². The van der Waals surface area contributed by atoms with Crippen LogP contribution in [-0.4, -0.2) is 33.1 Å². The van der Waals surface area contributed by atoms with E-state index in [0.29, 0.717) is 0 Å². The maximum atomic E-state index is 11.8. The Kier molecular flexibility index (Phi) is 5.11. The second-order valence-corrected chi connectivity index (χ2v) is 8.00. The molecule has 0 saturated heterocycles. The van der Waals surface area contributed by atoms with Crippen molar-refractivity contribution >= 4 is 5.69 Å². The fourth-order valence-electron chi connectivity index (χ4n) is 4.72. The number of para-hydroxylation sites is 1. The Balaban J connectivity index is 1.69. The van der Waals surface area contributed by atoms with E-state index in [-0.39, 0.29) is 12.7 Å². The van der Waals surface area contributed by atoms with Gasteiger partial charge in [0.15, 0.2) is 11.5 Å². The van der Waals surface area contributed by atoms with Gasteiger partial charge in [-0.15, -0.1) is 0 Å². The third kappa shape index (κ3) is 3.28. The van der Waals surface area contributed by atoms with Crippen LogP contribution in [0.1, 0.15) is 36.8 Å². The van der Waals surface area contributed by atoms with Gasteiger partial charge in [0.05, 0.1) is 18.4 Å². The minimum Gasteiger partial charge on any atom is -0.495 e. The molecule has 5 nitrogen and oxygen atoms in total. The Morgan fingerprint density at radius 3 is 2.75 bits per heavy atom. The number of methoxy groups -OCH3 is 1. The molecule has 0 spiro atoms. The molecule has 2 unspecified atom stereocenters. The molecule has 2 aliphatic rings. The predicted octanol–water partition coefficient (Wildman–Crippen LogP) is 4.11. The molecule has 1 saturated carbocycles. The zero-order valence-corrected chi connectivity index (χ0v) is 16.9. The highest BCUT2D eigenvalue weighted by atomic mass is 16.7. The molecule has 5 heteroatoms. The fourth-order valence-corrected chi connectivity index (χ4v) is 4.72. The molecule has 1 N–H and O–H groups in total. The quantitative estimate of drug-likeness (QED) is 0.842. The van der Waals surface area contributed by atoms with Gasteiger partial charge in [-0.25, -0.2) is 0 Å². The molecular weight excluding hydrogens is 354 g/mol. The standard InChI is InChI=1S/C23H29NO4/c1-24(2)22-16(7-6-9-20(22)26-3)13-17-8-4-5-12-23(17,25)18-10-11-19-21(14-18)28-15-27-19/h6-7,9-11,14,17,25H,4-5,8,12-13,15H2,1-3H3. The summed E-state index contributed by atoms with van der Waals surface area (Å²) >= 11 is 0. The Morgan fingerprint density at radius 2 is 1.96 bits per heavy atom. The summed E-state index contributed by atoms with van der Waals surface area (Å²) in [5.41, 5.74) is 2.35. The van der Waals surface area contributed by atoms with Gasteiger partial charge < -0.3 is 24.2 Å². The summed E-state index contributed by atoms with van der Waals surface area (Å²) in [5, 5.41) is 11.8. The summed E-state index contributed by atoms with van der Waals surface area (Å²) < 4.78 is 16.6. The normalized spacial score (nSPS) is 23.5. The van der Waals surface area contributed by atoms with E-state index in [9.17, 15) is 5.11 Å². The first kappa shape index (κ1) is 18.9. The van der Waals surface area contributed by atoms with E-state index in [2.05, 4.69) is 11.0 Å². The topological polar surface area (TPSA) is 51.2 Å². The first-order valence-corrected chi connectivity index (χ1v) is 9.98. The Bertz CT molecular complexity index is 850. The van der Waals surface area contributed by atoms with E-state index in [0.717, 1.165) is 60.6 Å². The summed E-state index contributed by atoms with van der Waals surface area (Å²) in [7, 11) is 5.77. The lowest BCUT2D eigenvalue weighted by Gasteiger charge is -2.41. The molecule has 0 amide bonds. The van der Waals surface area contributed by atoms with Crippen molar-refractivity contribution in [3.8, 4) is 17.2 Å². The van der Waals surface area contributed by atoms with Crippen LogP contribution in [0.3, 0.4) is 0 Å². The fraction of sp³-hybridized carbons (Fsp3) is 0.478. The molecule has 1 aliphatic carbocycles. The molecule has 0 aromatic heterocycles. The van der Waals surface area contributed by atoms with E-state index in [1.54, 1.807) is 7.11 Å². The highest BCUT2D eigenvalue weighted by Crippen LogP contribution is 2.47. The predicted molar refractivity (Wildman–Crippen MR) is 109 cm³/mol. The van der Waals surface area contributed by atoms with Crippen LogP contribution in [0.4, 0.5) is 5.69 Å². The van der Waals surface area contributed by atoms with Gasteiger partial charge in [0.1, 0.15) is 5.75 Å². The highest BCUT2D eigenvalue weighted by molar-refractivity contribution is 5.63. The molecule has 2 aromatic rings. The number of hydrogen-bond donors (Lipinski definition) is 1. The van der Waals surface area contributed by atoms with Crippen LogP contribution in [0, 0.1) is 5.92 Å². The molecule has 0 bridgehead atoms. The maximum absolute atomic E-state index is 11.8. The third-order valence-corrected chi connectivity index (χ3v) is 6.12. The van der Waals surface area contributed by atoms with Gasteiger partial charge in [-0.2, -0.15) is 0 Å². The van der Waals surface area contributed by atoms with Gasteiger partial charge >= 0.3 is 0 Å². The average Bonchev–Trinajstić information content (AvgIpc) is 3.17. The number of ether oxygens (including phenoxy) is 3. The second kappa shape index (κ2) is 7.55. The smallest absolute Gasteiger partial charge is 0.231 e. The molecule has 1 heterocycles. The van der Waals surface area contributed by atoms with Crippen molar-refractivity contribution in [2.24, 2.45) is 5.92 Å². The Hall–Kier alpha value is -2.40. The lowest BCUT2D eigenvalue weighted by Crippen LogP contribution is -2.39. The number of benzene rings is 2. The van der Waals surface area contributed by atoms with Gasteiger partial charge in [0.25, 0.3) is 0 Å². The van der Waals surface area contributed by atoms with Crippen molar-refractivity contribution in [1.82, 2.24) is 0 Å². The van der Waals surface area contributed by atoms with Crippen LogP contribution in [0.5, 0.6) is 17.2 Å². The molecule has 0 radical (unpaired) electrons. The molecule has 2 aromatic carbocycles. The average molecular weight is 383 g/mol. The van der Waals surface area contributed by atoms with Crippen molar-refractivity contribution < 1.29 is 19.3 Å². The number of aliphatic hydroxyl groups is 1. The summed E-state index contributed by atoms with van der Waals surface area (Å²) in [5.74, 6) is 2.48. The second-order valence-electron chi connectivity index (χ2n) is 8.00. The van der Waals surface area contributed by atoms with Crippen molar-refractivity contribution in [2.45, 2.75) is 37.7 Å². The molecule has 28 heavy (non-hydrogen) atoms. The SMILES string of the molecule is COc1cccc(CC2CCCCC2(O)c2ccc3c(c2)OCO3)c1N(C)C. The largest absolute Gasteiger partial charge is 0.495 e. The number of hydrogen-bond acceptors (Lipinski definition) is 5. The van der Waals surface area contributed by atoms with E-state index in [1.807, 2.05) is 44.4 Å². The lowest BCUT2D eigenvalue weighted by molar-refractivity contribution is -0.0543. The summed E-state index contributed by atoms with van der Waals surface area (Å²) in [6.07, 6.45) is 4.72. The monoisotopic (exact) mass is 383 g/mol. The van der Waals surface area contributed by atoms with Crippen molar-refractivity contribution in [3.05, 3.63) is 47.5 Å². The van der Waals surface area contributed by atoms with Crippen LogP contribution in [0.15, 0.2) is 36.4 Å². The van der Waals surface area contributed by atoms with Gasteiger partial charge in [-0.05, 0) is 54.5 Å². The van der Waals surface area contributed by atoms with Gasteiger partial charge in [-0.1, -0.05) is 31.0 Å². The Morgan fingerprint density at radius 1 is 1.14 bits per heavy atom. The minimum absolute atomic E-state index is 0.132. The maximum Gasteiger partial charge on any atom is 0.231 e. The summed E-state index contributed by atoms with van der Waals surface area (Å²) in [6.45, 7) is 0.247. The van der Waals surface area contributed by atoms with Crippen LogP contribution in [-0.2, 0) is 12.0 Å². The van der Waals surface area contributed by atoms with Crippen LogP contribution in [0.25, 0.3) is 0 Å². The molecule has 4 rings (SSSR count). The molecule has 2 atom stereocenters. The van der Waals surface area contributed by atoms with E-state index >= 15 is 0 Å². The van der Waals surface area contributed by atoms with Crippen molar-refractivity contribution in [2.75, 3.05) is 32.9 Å². The van der Waals surface area contributed by atoms with Crippen molar-refractivity contribution in [3.63, 3.8) is 0 Å². The minimum atomic E-state index is -0.869.